The number of carbonyl (C=O) groups is 1. The summed E-state index contributed by atoms with van der Waals surface area (Å²) < 4.78 is 29.9. The minimum atomic E-state index is -3.85. The lowest BCUT2D eigenvalue weighted by Crippen LogP contribution is -2.42. The molecule has 0 unspecified atom stereocenters. The fourth-order valence-electron chi connectivity index (χ4n) is 3.63. The van der Waals surface area contributed by atoms with E-state index in [9.17, 15) is 13.2 Å². The highest BCUT2D eigenvalue weighted by Gasteiger charge is 2.31. The standard InChI is InChI=1S/C23H20Br2N2O3S/c24-19-8-6-17(7-9-19)15-26(31(29,30)21-4-2-1-3-5-21)16-23(28)27-13-12-18-14-20(25)10-11-22(18)27/h1-11,14H,12-13,15-16H2. The molecule has 0 N–H and O–H groups in total. The molecule has 1 aliphatic heterocycles. The van der Waals surface area contributed by atoms with Gasteiger partial charge in [0.1, 0.15) is 0 Å². The molecule has 0 spiro atoms. The van der Waals surface area contributed by atoms with Gasteiger partial charge in [0.05, 0.1) is 11.4 Å². The molecule has 1 amide bonds. The van der Waals surface area contributed by atoms with E-state index in [-0.39, 0.29) is 23.9 Å². The molecule has 31 heavy (non-hydrogen) atoms. The van der Waals surface area contributed by atoms with Gasteiger partial charge < -0.3 is 4.90 Å². The van der Waals surface area contributed by atoms with Gasteiger partial charge in [-0.3, -0.25) is 4.79 Å². The molecule has 0 atom stereocenters. The zero-order valence-corrected chi connectivity index (χ0v) is 20.5. The van der Waals surface area contributed by atoms with E-state index in [2.05, 4.69) is 31.9 Å². The fourth-order valence-corrected chi connectivity index (χ4v) is 5.70. The molecule has 1 aliphatic rings. The lowest BCUT2D eigenvalue weighted by molar-refractivity contribution is -0.118. The number of anilines is 1. The Kier molecular flexibility index (Phi) is 6.62. The third-order valence-electron chi connectivity index (χ3n) is 5.20. The summed E-state index contributed by atoms with van der Waals surface area (Å²) in [6, 6.07) is 21.5. The molecule has 5 nitrogen and oxygen atoms in total. The van der Waals surface area contributed by atoms with Crippen LogP contribution in [0.25, 0.3) is 0 Å². The number of amides is 1. The first-order valence-corrected chi connectivity index (χ1v) is 12.8. The van der Waals surface area contributed by atoms with Gasteiger partial charge >= 0.3 is 0 Å². The second-order valence-corrected chi connectivity index (χ2v) is 11.1. The summed E-state index contributed by atoms with van der Waals surface area (Å²) in [5.41, 5.74) is 2.73. The summed E-state index contributed by atoms with van der Waals surface area (Å²) in [5.74, 6) is -0.238. The zero-order valence-electron chi connectivity index (χ0n) is 16.5. The first-order valence-electron chi connectivity index (χ1n) is 9.73. The van der Waals surface area contributed by atoms with E-state index >= 15 is 0 Å². The monoisotopic (exact) mass is 562 g/mol. The number of fused-ring (bicyclic) bond motifs is 1. The highest BCUT2D eigenvalue weighted by Crippen LogP contribution is 2.31. The molecule has 0 radical (unpaired) electrons. The number of carbonyl (C=O) groups excluding carboxylic acids is 1. The van der Waals surface area contributed by atoms with Crippen LogP contribution in [0.4, 0.5) is 5.69 Å². The van der Waals surface area contributed by atoms with Gasteiger partial charge in [-0.1, -0.05) is 62.2 Å². The van der Waals surface area contributed by atoms with Crippen molar-refractivity contribution in [1.29, 1.82) is 0 Å². The average molecular weight is 564 g/mol. The Morgan fingerprint density at radius 2 is 1.61 bits per heavy atom. The van der Waals surface area contributed by atoms with E-state index in [1.165, 1.54) is 4.31 Å². The number of nitrogens with zero attached hydrogens (tertiary/aromatic N) is 2. The molecule has 3 aromatic carbocycles. The molecular formula is C23H20Br2N2O3S. The van der Waals surface area contributed by atoms with E-state index in [0.29, 0.717) is 6.54 Å². The number of hydrogen-bond donors (Lipinski definition) is 0. The number of halogens is 2. The summed E-state index contributed by atoms with van der Waals surface area (Å²) in [7, 11) is -3.85. The van der Waals surface area contributed by atoms with Crippen LogP contribution in [0.2, 0.25) is 0 Å². The van der Waals surface area contributed by atoms with Gasteiger partial charge in [0.2, 0.25) is 15.9 Å². The van der Waals surface area contributed by atoms with Crippen LogP contribution in [0.1, 0.15) is 11.1 Å². The predicted octanol–water partition coefficient (Wildman–Crippen LogP) is 4.99. The molecule has 3 aromatic rings. The smallest absolute Gasteiger partial charge is 0.243 e. The van der Waals surface area contributed by atoms with Crippen molar-refractivity contribution in [2.24, 2.45) is 0 Å². The van der Waals surface area contributed by atoms with Gasteiger partial charge in [-0.2, -0.15) is 4.31 Å². The lowest BCUT2D eigenvalue weighted by atomic mass is 10.2. The van der Waals surface area contributed by atoms with E-state index in [1.807, 2.05) is 42.5 Å². The van der Waals surface area contributed by atoms with Crippen LogP contribution < -0.4 is 4.90 Å². The second-order valence-electron chi connectivity index (χ2n) is 7.28. The summed E-state index contributed by atoms with van der Waals surface area (Å²) in [5, 5.41) is 0. The van der Waals surface area contributed by atoms with Gasteiger partial charge in [-0.25, -0.2) is 8.42 Å². The third-order valence-corrected chi connectivity index (χ3v) is 8.03. The van der Waals surface area contributed by atoms with Crippen molar-refractivity contribution in [3.8, 4) is 0 Å². The van der Waals surface area contributed by atoms with Crippen LogP contribution >= 0.6 is 31.9 Å². The molecule has 4 rings (SSSR count). The van der Waals surface area contributed by atoms with Crippen LogP contribution in [0.15, 0.2) is 86.6 Å². The van der Waals surface area contributed by atoms with Crippen molar-refractivity contribution in [2.75, 3.05) is 18.0 Å². The van der Waals surface area contributed by atoms with Gasteiger partial charge in [0.25, 0.3) is 0 Å². The Hall–Kier alpha value is -2.00. The SMILES string of the molecule is O=C(CN(Cc1ccc(Br)cc1)S(=O)(=O)c1ccccc1)N1CCc2cc(Br)ccc21. The molecule has 0 saturated carbocycles. The largest absolute Gasteiger partial charge is 0.311 e. The highest BCUT2D eigenvalue weighted by atomic mass is 79.9. The first kappa shape index (κ1) is 22.2. The number of rotatable bonds is 6. The van der Waals surface area contributed by atoms with Gasteiger partial charge in [0, 0.05) is 27.7 Å². The molecule has 8 heteroatoms. The van der Waals surface area contributed by atoms with Gasteiger partial charge in [0.15, 0.2) is 0 Å². The summed E-state index contributed by atoms with van der Waals surface area (Å²) >= 11 is 6.86. The van der Waals surface area contributed by atoms with Crippen LogP contribution in [-0.2, 0) is 27.8 Å². The average Bonchev–Trinajstić information content (AvgIpc) is 3.18. The Morgan fingerprint density at radius 3 is 2.32 bits per heavy atom. The maximum Gasteiger partial charge on any atom is 0.243 e. The summed E-state index contributed by atoms with van der Waals surface area (Å²) in [4.78, 5) is 15.1. The maximum absolute atomic E-state index is 13.4. The minimum Gasteiger partial charge on any atom is -0.311 e. The Balaban J connectivity index is 1.63. The van der Waals surface area contributed by atoms with E-state index in [4.69, 9.17) is 0 Å². The maximum atomic E-state index is 13.4. The van der Waals surface area contributed by atoms with E-state index in [1.54, 1.807) is 35.2 Å². The van der Waals surface area contributed by atoms with Crippen molar-refractivity contribution in [2.45, 2.75) is 17.9 Å². The normalized spacial score (nSPS) is 13.5. The minimum absolute atomic E-state index is 0.108. The predicted molar refractivity (Wildman–Crippen MR) is 128 cm³/mol. The highest BCUT2D eigenvalue weighted by molar-refractivity contribution is 9.10. The van der Waals surface area contributed by atoms with Crippen LogP contribution in [-0.4, -0.2) is 31.7 Å². The number of benzene rings is 3. The number of hydrogen-bond acceptors (Lipinski definition) is 3. The molecule has 0 fully saturated rings. The van der Waals surface area contributed by atoms with Crippen LogP contribution in [0, 0.1) is 0 Å². The van der Waals surface area contributed by atoms with Crippen molar-refractivity contribution >= 4 is 53.5 Å². The Labute approximate surface area is 199 Å². The molecule has 0 saturated heterocycles. The number of sulfonamides is 1. The quantitative estimate of drug-likeness (QED) is 0.424. The van der Waals surface area contributed by atoms with Crippen molar-refractivity contribution in [3.63, 3.8) is 0 Å². The Bertz CT molecular complexity index is 1200. The molecule has 0 bridgehead atoms. The molecule has 0 aromatic heterocycles. The summed E-state index contributed by atoms with van der Waals surface area (Å²) in [6.45, 7) is 0.419. The van der Waals surface area contributed by atoms with E-state index in [0.717, 1.165) is 32.2 Å². The van der Waals surface area contributed by atoms with Crippen LogP contribution in [0.3, 0.4) is 0 Å². The topological polar surface area (TPSA) is 57.7 Å². The summed E-state index contributed by atoms with van der Waals surface area (Å²) in [6.07, 6.45) is 0.749. The van der Waals surface area contributed by atoms with Crippen molar-refractivity contribution < 1.29 is 13.2 Å². The van der Waals surface area contributed by atoms with Crippen molar-refractivity contribution in [1.82, 2.24) is 4.31 Å². The van der Waals surface area contributed by atoms with Crippen molar-refractivity contribution in [3.05, 3.63) is 92.9 Å². The molecule has 1 heterocycles. The zero-order chi connectivity index (χ0) is 22.0. The molecule has 0 aliphatic carbocycles. The first-order chi connectivity index (χ1) is 14.8. The lowest BCUT2D eigenvalue weighted by Gasteiger charge is -2.25. The molecule has 160 valence electrons. The third kappa shape index (κ3) is 4.92. The van der Waals surface area contributed by atoms with E-state index < -0.39 is 10.0 Å². The fraction of sp³-hybridized carbons (Fsp3) is 0.174. The second kappa shape index (κ2) is 9.24. The van der Waals surface area contributed by atoms with Gasteiger partial charge in [-0.15, -0.1) is 0 Å². The Morgan fingerprint density at radius 1 is 0.935 bits per heavy atom. The molecular weight excluding hydrogens is 544 g/mol. The van der Waals surface area contributed by atoms with Crippen LogP contribution in [0.5, 0.6) is 0 Å². The van der Waals surface area contributed by atoms with Gasteiger partial charge in [-0.05, 0) is 60.0 Å².